The Balaban J connectivity index is 2.00. The number of nitrogens with one attached hydrogen (secondary N) is 1. The Morgan fingerprint density at radius 3 is 2.58 bits per heavy atom. The van der Waals surface area contributed by atoms with Crippen molar-refractivity contribution in [2.24, 2.45) is 5.73 Å². The number of rotatable bonds is 8. The van der Waals surface area contributed by atoms with Crippen molar-refractivity contribution in [2.45, 2.75) is 35.7 Å². The van der Waals surface area contributed by atoms with Crippen molar-refractivity contribution in [2.75, 3.05) is 22.7 Å². The fourth-order valence-corrected chi connectivity index (χ4v) is 6.10. The average molecular weight is 480 g/mol. The molecule has 0 aromatic heterocycles. The van der Waals surface area contributed by atoms with Crippen LogP contribution in [0.15, 0.2) is 52.3 Å². The highest BCUT2D eigenvalue weighted by Gasteiger charge is 2.33. The summed E-state index contributed by atoms with van der Waals surface area (Å²) in [4.78, 5) is 28.6. The fraction of sp³-hybridized carbons (Fsp3) is 0.333. The first-order chi connectivity index (χ1) is 14.7. The topological polar surface area (TPSA) is 110 Å². The van der Waals surface area contributed by atoms with Gasteiger partial charge in [0.1, 0.15) is 6.04 Å². The summed E-state index contributed by atoms with van der Waals surface area (Å²) in [6.07, 6.45) is 2.44. The molecule has 31 heavy (non-hydrogen) atoms. The predicted octanol–water partition coefficient (Wildman–Crippen LogP) is 2.84. The van der Waals surface area contributed by atoms with Gasteiger partial charge in [-0.15, -0.1) is 23.5 Å². The zero-order chi connectivity index (χ0) is 22.6. The van der Waals surface area contributed by atoms with Crippen LogP contribution < -0.4 is 15.4 Å². The van der Waals surface area contributed by atoms with E-state index >= 15 is 0 Å². The number of amides is 2. The molecule has 0 bridgehead atoms. The minimum atomic E-state index is -3.58. The summed E-state index contributed by atoms with van der Waals surface area (Å²) in [6.45, 7) is 2.02. The third-order valence-corrected chi connectivity index (χ3v) is 8.29. The van der Waals surface area contributed by atoms with E-state index in [9.17, 15) is 18.0 Å². The Hall–Kier alpha value is -2.01. The number of benzene rings is 2. The molecule has 0 unspecified atom stereocenters. The lowest BCUT2D eigenvalue weighted by molar-refractivity contribution is -0.119. The van der Waals surface area contributed by atoms with E-state index in [1.54, 1.807) is 36.9 Å². The largest absolute Gasteiger partial charge is 0.366 e. The van der Waals surface area contributed by atoms with Crippen LogP contribution in [-0.4, -0.2) is 44.0 Å². The van der Waals surface area contributed by atoms with Crippen molar-refractivity contribution < 1.29 is 18.0 Å². The minimum absolute atomic E-state index is 0.0453. The highest BCUT2D eigenvalue weighted by molar-refractivity contribution is 7.99. The summed E-state index contributed by atoms with van der Waals surface area (Å²) in [6, 6.07) is 11.9. The quantitative estimate of drug-likeness (QED) is 0.564. The molecule has 0 radical (unpaired) electrons. The molecule has 0 saturated heterocycles. The third-order valence-electron chi connectivity index (χ3n) is 4.80. The number of primary amides is 1. The molecule has 0 fully saturated rings. The van der Waals surface area contributed by atoms with Crippen molar-refractivity contribution in [3.8, 4) is 0 Å². The summed E-state index contributed by atoms with van der Waals surface area (Å²) >= 11 is 3.00. The summed E-state index contributed by atoms with van der Waals surface area (Å²) < 4.78 is 27.3. The number of nitrogens with zero attached hydrogens (tertiary/aromatic N) is 1. The van der Waals surface area contributed by atoms with Gasteiger partial charge in [0.2, 0.25) is 21.8 Å². The van der Waals surface area contributed by atoms with E-state index in [1.807, 2.05) is 30.5 Å². The molecule has 2 amide bonds. The van der Waals surface area contributed by atoms with Gasteiger partial charge in [-0.05, 0) is 48.6 Å². The van der Waals surface area contributed by atoms with Crippen LogP contribution in [0.25, 0.3) is 0 Å². The zero-order valence-electron chi connectivity index (χ0n) is 17.3. The van der Waals surface area contributed by atoms with Crippen LogP contribution in [-0.2, 0) is 21.4 Å². The Kier molecular flexibility index (Phi) is 7.68. The van der Waals surface area contributed by atoms with Crippen LogP contribution in [0.1, 0.15) is 29.3 Å². The van der Waals surface area contributed by atoms with Gasteiger partial charge in [-0.25, -0.2) is 13.1 Å². The summed E-state index contributed by atoms with van der Waals surface area (Å²) in [5.74, 6) is -0.737. The van der Waals surface area contributed by atoms with Gasteiger partial charge in [-0.3, -0.25) is 9.59 Å². The normalized spacial score (nSPS) is 16.6. The van der Waals surface area contributed by atoms with Gasteiger partial charge in [0, 0.05) is 21.1 Å². The number of carbonyl (C=O) groups is 2. The van der Waals surface area contributed by atoms with Crippen LogP contribution in [0, 0.1) is 0 Å². The number of anilines is 1. The molecule has 1 heterocycles. The van der Waals surface area contributed by atoms with E-state index in [1.165, 1.54) is 16.7 Å². The molecule has 1 aliphatic heterocycles. The van der Waals surface area contributed by atoms with Crippen LogP contribution in [0.5, 0.6) is 0 Å². The summed E-state index contributed by atoms with van der Waals surface area (Å²) in [5.41, 5.74) is 7.19. The molecular formula is C21H25N3O4S3. The minimum Gasteiger partial charge on any atom is -0.366 e. The number of fused-ring (bicyclic) bond motifs is 1. The third kappa shape index (κ3) is 5.82. The van der Waals surface area contributed by atoms with E-state index in [0.29, 0.717) is 17.7 Å². The monoisotopic (exact) mass is 479 g/mol. The first-order valence-corrected chi connectivity index (χ1v) is 13.6. The SMILES string of the molecule is CCCS(=O)(=O)N[C@@H]1CSc2ccc(C(N)=O)cc2N(Cc2ccc(SC)cc2)C1=O. The van der Waals surface area contributed by atoms with E-state index in [4.69, 9.17) is 5.73 Å². The number of sulfonamides is 1. The van der Waals surface area contributed by atoms with Crippen molar-refractivity contribution >= 4 is 51.0 Å². The molecule has 2 aromatic rings. The first kappa shape index (κ1) is 23.6. The molecule has 0 spiro atoms. The van der Waals surface area contributed by atoms with Crippen molar-refractivity contribution in [1.82, 2.24) is 4.72 Å². The number of hydrogen-bond donors (Lipinski definition) is 2. The van der Waals surface area contributed by atoms with E-state index in [-0.39, 0.29) is 24.0 Å². The number of thioether (sulfide) groups is 2. The second-order valence-corrected chi connectivity index (χ2v) is 10.9. The second-order valence-electron chi connectivity index (χ2n) is 7.12. The molecular weight excluding hydrogens is 454 g/mol. The van der Waals surface area contributed by atoms with Crippen molar-refractivity contribution in [1.29, 1.82) is 0 Å². The lowest BCUT2D eigenvalue weighted by Crippen LogP contribution is -2.49. The van der Waals surface area contributed by atoms with Gasteiger partial charge >= 0.3 is 0 Å². The fourth-order valence-electron chi connectivity index (χ4n) is 3.26. The lowest BCUT2D eigenvalue weighted by atomic mass is 10.1. The highest BCUT2D eigenvalue weighted by Crippen LogP contribution is 2.36. The Bertz CT molecular complexity index is 1070. The maximum absolute atomic E-state index is 13.5. The lowest BCUT2D eigenvalue weighted by Gasteiger charge is -2.26. The Labute approximate surface area is 191 Å². The van der Waals surface area contributed by atoms with Gasteiger partial charge < -0.3 is 10.6 Å². The van der Waals surface area contributed by atoms with Gasteiger partial charge in [-0.1, -0.05) is 19.1 Å². The van der Waals surface area contributed by atoms with Gasteiger partial charge in [-0.2, -0.15) is 0 Å². The van der Waals surface area contributed by atoms with Crippen molar-refractivity contribution in [3.05, 3.63) is 53.6 Å². The molecule has 166 valence electrons. The molecule has 1 aliphatic rings. The predicted molar refractivity (Wildman–Crippen MR) is 126 cm³/mol. The van der Waals surface area contributed by atoms with Gasteiger partial charge in [0.05, 0.1) is 18.0 Å². The number of hydrogen-bond acceptors (Lipinski definition) is 6. The van der Waals surface area contributed by atoms with Crippen molar-refractivity contribution in [3.63, 3.8) is 0 Å². The molecule has 1 atom stereocenters. The maximum Gasteiger partial charge on any atom is 0.248 e. The average Bonchev–Trinajstić information content (AvgIpc) is 2.85. The van der Waals surface area contributed by atoms with E-state index in [0.717, 1.165) is 15.4 Å². The van der Waals surface area contributed by atoms with E-state index in [2.05, 4.69) is 4.72 Å². The van der Waals surface area contributed by atoms with Crippen LogP contribution in [0.2, 0.25) is 0 Å². The standard InChI is InChI=1S/C21H25N3O4S3/c1-3-10-31(27,28)23-17-13-30-19-9-6-15(20(22)25)11-18(19)24(21(17)26)12-14-4-7-16(29-2)8-5-14/h4-9,11,17,23H,3,10,12-13H2,1-2H3,(H2,22,25)/t17-/m1/s1. The van der Waals surface area contributed by atoms with Crippen LogP contribution in [0.4, 0.5) is 5.69 Å². The molecule has 3 rings (SSSR count). The number of nitrogens with two attached hydrogens (primary N) is 1. The molecule has 3 N–H and O–H groups in total. The van der Waals surface area contributed by atoms with Gasteiger partial charge in [0.15, 0.2) is 0 Å². The maximum atomic E-state index is 13.5. The van der Waals surface area contributed by atoms with E-state index < -0.39 is 22.0 Å². The Morgan fingerprint density at radius 1 is 1.26 bits per heavy atom. The van der Waals surface area contributed by atoms with Crippen LogP contribution >= 0.6 is 23.5 Å². The molecule has 2 aromatic carbocycles. The molecule has 0 saturated carbocycles. The smallest absolute Gasteiger partial charge is 0.248 e. The Morgan fingerprint density at radius 2 is 1.97 bits per heavy atom. The molecule has 7 nitrogen and oxygen atoms in total. The molecule has 10 heteroatoms. The van der Waals surface area contributed by atoms with Gasteiger partial charge in [0.25, 0.3) is 0 Å². The second kappa shape index (κ2) is 10.1. The zero-order valence-corrected chi connectivity index (χ0v) is 19.8. The molecule has 0 aliphatic carbocycles. The summed E-state index contributed by atoms with van der Waals surface area (Å²) in [5, 5.41) is 0. The number of carbonyl (C=O) groups excluding carboxylic acids is 2. The summed E-state index contributed by atoms with van der Waals surface area (Å²) in [7, 11) is -3.58. The first-order valence-electron chi connectivity index (χ1n) is 9.75. The van der Waals surface area contributed by atoms with Crippen LogP contribution in [0.3, 0.4) is 0 Å². The highest BCUT2D eigenvalue weighted by atomic mass is 32.2.